The van der Waals surface area contributed by atoms with Gasteiger partial charge in [-0.15, -0.1) is 0 Å². The molecule has 0 saturated heterocycles. The van der Waals surface area contributed by atoms with Gasteiger partial charge >= 0.3 is 0 Å². The Kier molecular flexibility index (Phi) is 5.55. The molecule has 0 spiro atoms. The van der Waals surface area contributed by atoms with E-state index in [1.54, 1.807) is 0 Å². The third kappa shape index (κ3) is 5.88. The van der Waals surface area contributed by atoms with Crippen LogP contribution in [0.15, 0.2) is 24.3 Å². The van der Waals surface area contributed by atoms with Crippen molar-refractivity contribution in [3.8, 4) is 0 Å². The summed E-state index contributed by atoms with van der Waals surface area (Å²) in [6.45, 7) is 11.4. The lowest BCUT2D eigenvalue weighted by Crippen LogP contribution is -2.20. The van der Waals surface area contributed by atoms with Gasteiger partial charge in [-0.1, -0.05) is 39.8 Å². The van der Waals surface area contributed by atoms with Crippen molar-refractivity contribution in [2.24, 2.45) is 5.41 Å². The molecule has 3 nitrogen and oxygen atoms in total. The largest absolute Gasteiger partial charge is 0.326 e. The summed E-state index contributed by atoms with van der Waals surface area (Å²) in [7, 11) is 0. The van der Waals surface area contributed by atoms with Crippen LogP contribution in [-0.2, 0) is 4.79 Å². The highest BCUT2D eigenvalue weighted by atomic mass is 16.1. The van der Waals surface area contributed by atoms with Crippen LogP contribution < -0.4 is 10.6 Å². The van der Waals surface area contributed by atoms with Crippen molar-refractivity contribution in [1.82, 2.24) is 5.32 Å². The molecular weight excluding hydrogens is 236 g/mol. The van der Waals surface area contributed by atoms with Crippen LogP contribution >= 0.6 is 0 Å². The highest BCUT2D eigenvalue weighted by Crippen LogP contribution is 2.20. The van der Waals surface area contributed by atoms with Gasteiger partial charge in [-0.3, -0.25) is 4.79 Å². The first kappa shape index (κ1) is 15.7. The Hall–Kier alpha value is -1.35. The van der Waals surface area contributed by atoms with E-state index in [1.165, 1.54) is 5.56 Å². The lowest BCUT2D eigenvalue weighted by Gasteiger charge is -2.17. The molecule has 0 heterocycles. The molecule has 0 aliphatic rings. The summed E-state index contributed by atoms with van der Waals surface area (Å²) in [5.41, 5.74) is 2.11. The summed E-state index contributed by atoms with van der Waals surface area (Å²) in [5, 5.41) is 6.30. The number of hydrogen-bond donors (Lipinski definition) is 2. The Labute approximate surface area is 116 Å². The van der Waals surface area contributed by atoms with E-state index in [0.717, 1.165) is 12.2 Å². The Bertz CT molecular complexity index is 404. The first-order valence-electron chi connectivity index (χ1n) is 6.95. The fourth-order valence-corrected chi connectivity index (χ4v) is 1.97. The van der Waals surface area contributed by atoms with E-state index in [2.05, 4.69) is 57.4 Å². The van der Waals surface area contributed by atoms with Crippen LogP contribution in [0, 0.1) is 5.41 Å². The second-order valence-electron chi connectivity index (χ2n) is 6.19. The van der Waals surface area contributed by atoms with Gasteiger partial charge in [-0.25, -0.2) is 0 Å². The van der Waals surface area contributed by atoms with E-state index in [9.17, 15) is 4.79 Å². The van der Waals surface area contributed by atoms with Gasteiger partial charge in [0.15, 0.2) is 0 Å². The summed E-state index contributed by atoms with van der Waals surface area (Å²) < 4.78 is 0. The van der Waals surface area contributed by atoms with Crippen LogP contribution in [0.2, 0.25) is 0 Å². The van der Waals surface area contributed by atoms with Gasteiger partial charge in [0.1, 0.15) is 0 Å². The molecule has 1 unspecified atom stereocenters. The monoisotopic (exact) mass is 262 g/mol. The van der Waals surface area contributed by atoms with E-state index in [1.807, 2.05) is 12.1 Å². The molecule has 1 atom stereocenters. The molecule has 1 amide bonds. The number of carbonyl (C=O) groups excluding carboxylic acids is 1. The SMILES string of the molecule is CCNC(C)c1ccc(NC(=O)CC(C)(C)C)cc1. The smallest absolute Gasteiger partial charge is 0.224 e. The van der Waals surface area contributed by atoms with Gasteiger partial charge < -0.3 is 10.6 Å². The Morgan fingerprint density at radius 2 is 1.79 bits per heavy atom. The third-order valence-electron chi connectivity index (χ3n) is 2.90. The number of amides is 1. The van der Waals surface area contributed by atoms with Crippen molar-refractivity contribution in [3.05, 3.63) is 29.8 Å². The fourth-order valence-electron chi connectivity index (χ4n) is 1.97. The van der Waals surface area contributed by atoms with E-state index in [-0.39, 0.29) is 11.3 Å². The van der Waals surface area contributed by atoms with Gasteiger partial charge in [0.2, 0.25) is 5.91 Å². The summed E-state index contributed by atoms with van der Waals surface area (Å²) in [6, 6.07) is 8.37. The molecule has 0 bridgehead atoms. The number of hydrogen-bond acceptors (Lipinski definition) is 2. The molecule has 0 aromatic heterocycles. The van der Waals surface area contributed by atoms with Crippen LogP contribution in [0.5, 0.6) is 0 Å². The maximum Gasteiger partial charge on any atom is 0.224 e. The average Bonchev–Trinajstić information content (AvgIpc) is 2.27. The summed E-state index contributed by atoms with van der Waals surface area (Å²) in [4.78, 5) is 11.8. The topological polar surface area (TPSA) is 41.1 Å². The van der Waals surface area contributed by atoms with Gasteiger partial charge in [0.25, 0.3) is 0 Å². The van der Waals surface area contributed by atoms with E-state index in [4.69, 9.17) is 0 Å². The van der Waals surface area contributed by atoms with Crippen LogP contribution in [0.3, 0.4) is 0 Å². The highest BCUT2D eigenvalue weighted by molar-refractivity contribution is 5.91. The lowest BCUT2D eigenvalue weighted by atomic mass is 9.92. The highest BCUT2D eigenvalue weighted by Gasteiger charge is 2.15. The Balaban J connectivity index is 2.59. The standard InChI is InChI=1S/C16H26N2O/c1-6-17-12(2)13-7-9-14(10-8-13)18-15(19)11-16(3,4)5/h7-10,12,17H,6,11H2,1-5H3,(H,18,19). The van der Waals surface area contributed by atoms with E-state index in [0.29, 0.717) is 12.5 Å². The second-order valence-corrected chi connectivity index (χ2v) is 6.19. The Morgan fingerprint density at radius 3 is 2.26 bits per heavy atom. The number of anilines is 1. The first-order valence-corrected chi connectivity index (χ1v) is 6.95. The molecule has 0 fully saturated rings. The third-order valence-corrected chi connectivity index (χ3v) is 2.90. The summed E-state index contributed by atoms with van der Waals surface area (Å²) >= 11 is 0. The minimum Gasteiger partial charge on any atom is -0.326 e. The van der Waals surface area contributed by atoms with Crippen LogP contribution in [0.1, 0.15) is 52.6 Å². The minimum atomic E-state index is 0.0174. The maximum atomic E-state index is 11.8. The van der Waals surface area contributed by atoms with Crippen molar-refractivity contribution in [2.45, 2.75) is 47.1 Å². The van der Waals surface area contributed by atoms with Crippen LogP contribution in [0.25, 0.3) is 0 Å². The molecule has 106 valence electrons. The molecule has 1 rings (SSSR count). The average molecular weight is 262 g/mol. The molecule has 0 saturated carbocycles. The minimum absolute atomic E-state index is 0.0174. The normalized spacial score (nSPS) is 13.1. The van der Waals surface area contributed by atoms with Crippen molar-refractivity contribution in [1.29, 1.82) is 0 Å². The van der Waals surface area contributed by atoms with Gasteiger partial charge in [0, 0.05) is 18.2 Å². The van der Waals surface area contributed by atoms with Crippen molar-refractivity contribution in [3.63, 3.8) is 0 Å². The maximum absolute atomic E-state index is 11.8. The van der Waals surface area contributed by atoms with Crippen LogP contribution in [-0.4, -0.2) is 12.5 Å². The predicted octanol–water partition coefficient (Wildman–Crippen LogP) is 3.73. The summed E-state index contributed by atoms with van der Waals surface area (Å²) in [5.74, 6) is 0.0694. The number of benzene rings is 1. The van der Waals surface area contributed by atoms with Gasteiger partial charge in [0.05, 0.1) is 0 Å². The van der Waals surface area contributed by atoms with Crippen molar-refractivity contribution >= 4 is 11.6 Å². The zero-order valence-corrected chi connectivity index (χ0v) is 12.7. The van der Waals surface area contributed by atoms with Crippen molar-refractivity contribution in [2.75, 3.05) is 11.9 Å². The van der Waals surface area contributed by atoms with Gasteiger partial charge in [-0.2, -0.15) is 0 Å². The predicted molar refractivity (Wildman–Crippen MR) is 81.2 cm³/mol. The molecule has 2 N–H and O–H groups in total. The first-order chi connectivity index (χ1) is 8.81. The fraction of sp³-hybridized carbons (Fsp3) is 0.562. The molecule has 0 aliphatic heterocycles. The molecule has 0 aliphatic carbocycles. The quantitative estimate of drug-likeness (QED) is 0.849. The van der Waals surface area contributed by atoms with E-state index < -0.39 is 0 Å². The zero-order chi connectivity index (χ0) is 14.5. The summed E-state index contributed by atoms with van der Waals surface area (Å²) in [6.07, 6.45) is 0.530. The van der Waals surface area contributed by atoms with Crippen molar-refractivity contribution < 1.29 is 4.79 Å². The zero-order valence-electron chi connectivity index (χ0n) is 12.7. The molecule has 0 radical (unpaired) electrons. The number of rotatable bonds is 5. The molecule has 1 aromatic rings. The van der Waals surface area contributed by atoms with Crippen LogP contribution in [0.4, 0.5) is 5.69 Å². The Morgan fingerprint density at radius 1 is 1.21 bits per heavy atom. The van der Waals surface area contributed by atoms with E-state index >= 15 is 0 Å². The molecular formula is C16H26N2O. The number of nitrogens with one attached hydrogen (secondary N) is 2. The van der Waals surface area contributed by atoms with Gasteiger partial charge in [-0.05, 0) is 36.6 Å². The molecule has 1 aromatic carbocycles. The lowest BCUT2D eigenvalue weighted by molar-refractivity contribution is -0.117. The molecule has 19 heavy (non-hydrogen) atoms. The number of carbonyl (C=O) groups is 1. The molecule has 3 heteroatoms. The second kappa shape index (κ2) is 6.71.